The maximum atomic E-state index is 12.7. The molecule has 1 aromatic heterocycles. The molecule has 0 spiro atoms. The molecule has 0 saturated heterocycles. The molecular weight excluding hydrogens is 458 g/mol. The first-order chi connectivity index (χ1) is 15.1. The van der Waals surface area contributed by atoms with Crippen LogP contribution in [0.5, 0.6) is 5.75 Å². The van der Waals surface area contributed by atoms with Gasteiger partial charge in [-0.25, -0.2) is 9.78 Å². The number of nitrogens with zero attached hydrogens (tertiary/aromatic N) is 3. The molecule has 0 bridgehead atoms. The van der Waals surface area contributed by atoms with Crippen LogP contribution in [0, 0.1) is 17.0 Å². The quantitative estimate of drug-likeness (QED) is 0.323. The van der Waals surface area contributed by atoms with E-state index >= 15 is 0 Å². The van der Waals surface area contributed by atoms with E-state index in [0.29, 0.717) is 33.0 Å². The first-order valence-electron chi connectivity index (χ1n) is 9.18. The highest BCUT2D eigenvalue weighted by Crippen LogP contribution is 2.30. The van der Waals surface area contributed by atoms with Gasteiger partial charge in [-0.3, -0.25) is 15.1 Å². The van der Waals surface area contributed by atoms with Crippen molar-refractivity contribution in [2.75, 3.05) is 5.75 Å². The Morgan fingerprint density at radius 3 is 2.69 bits per heavy atom. The first-order valence-corrected chi connectivity index (χ1v) is 11.6. The van der Waals surface area contributed by atoms with Gasteiger partial charge in [-0.05, 0) is 42.8 Å². The third kappa shape index (κ3) is 4.27. The van der Waals surface area contributed by atoms with E-state index in [1.165, 1.54) is 36.0 Å². The molecule has 2 aromatic carbocycles. The third-order valence-electron chi connectivity index (χ3n) is 4.60. The Kier molecular flexibility index (Phi) is 5.57. The van der Waals surface area contributed by atoms with Crippen molar-refractivity contribution in [3.8, 4) is 5.75 Å². The number of thioether (sulfide) groups is 1. The van der Waals surface area contributed by atoms with Gasteiger partial charge < -0.3 is 9.29 Å². The predicted octanol–water partition coefficient (Wildman–Crippen LogP) is 3.17. The molecule has 164 valence electrons. The van der Waals surface area contributed by atoms with Crippen molar-refractivity contribution in [1.82, 2.24) is 4.98 Å². The van der Waals surface area contributed by atoms with Gasteiger partial charge in [0.1, 0.15) is 10.8 Å². The van der Waals surface area contributed by atoms with Crippen LogP contribution in [0.1, 0.15) is 11.3 Å². The molecule has 1 atom stereocenters. The van der Waals surface area contributed by atoms with Gasteiger partial charge in [0.25, 0.3) is 5.69 Å². The number of carboxylic acids is 1. The van der Waals surface area contributed by atoms with Crippen molar-refractivity contribution in [3.05, 3.63) is 69.9 Å². The summed E-state index contributed by atoms with van der Waals surface area (Å²) >= 11 is 1.30. The van der Waals surface area contributed by atoms with Crippen LogP contribution in [0.2, 0.25) is 0 Å². The largest absolute Gasteiger partial charge is 0.480 e. The number of aryl methyl sites for hydroxylation is 1. The van der Waals surface area contributed by atoms with E-state index in [2.05, 4.69) is 9.98 Å². The zero-order valence-corrected chi connectivity index (χ0v) is 18.1. The van der Waals surface area contributed by atoms with E-state index in [1.807, 2.05) is 0 Å². The molecule has 12 heteroatoms. The molecule has 3 aromatic rings. The second-order valence-electron chi connectivity index (χ2n) is 6.92. The fourth-order valence-electron chi connectivity index (χ4n) is 3.06. The lowest BCUT2D eigenvalue weighted by Crippen LogP contribution is -2.17. The molecule has 2 heterocycles. The van der Waals surface area contributed by atoms with Crippen LogP contribution in [-0.2, 0) is 14.9 Å². The minimum Gasteiger partial charge on any atom is -0.480 e. The zero-order valence-electron chi connectivity index (χ0n) is 16.5. The molecule has 1 unspecified atom stereocenters. The number of hydrogen-bond donors (Lipinski definition) is 1. The number of aliphatic imine (C=N–C) groups is 1. The SMILES string of the molecule is Cc1ccc([N+](=O)[O-])c(S(=O)(=O)Oc2ccc3nc(C4=NC(C(=O)O)CS4)ccc3c2)c1. The highest BCUT2D eigenvalue weighted by Gasteiger charge is 2.28. The number of fused-ring (bicyclic) bond motifs is 1. The van der Waals surface area contributed by atoms with Crippen LogP contribution in [-0.4, -0.2) is 46.2 Å². The highest BCUT2D eigenvalue weighted by atomic mass is 32.2. The summed E-state index contributed by atoms with van der Waals surface area (Å²) in [4.78, 5) is 29.6. The predicted molar refractivity (Wildman–Crippen MR) is 118 cm³/mol. The number of carbonyl (C=O) groups is 1. The first kappa shape index (κ1) is 21.7. The van der Waals surface area contributed by atoms with Crippen molar-refractivity contribution >= 4 is 49.5 Å². The lowest BCUT2D eigenvalue weighted by molar-refractivity contribution is -0.387. The lowest BCUT2D eigenvalue weighted by atomic mass is 10.2. The van der Waals surface area contributed by atoms with E-state index in [4.69, 9.17) is 9.29 Å². The summed E-state index contributed by atoms with van der Waals surface area (Å²) in [6.45, 7) is 1.62. The van der Waals surface area contributed by atoms with Crippen molar-refractivity contribution in [2.24, 2.45) is 4.99 Å². The summed E-state index contributed by atoms with van der Waals surface area (Å²) in [7, 11) is -4.46. The minimum atomic E-state index is -4.46. The Morgan fingerprint density at radius 1 is 1.22 bits per heavy atom. The number of nitro benzene ring substituents is 1. The van der Waals surface area contributed by atoms with Crippen LogP contribution < -0.4 is 4.18 Å². The van der Waals surface area contributed by atoms with Gasteiger partial charge in [-0.2, -0.15) is 8.42 Å². The van der Waals surface area contributed by atoms with Crippen LogP contribution in [0.4, 0.5) is 5.69 Å². The van der Waals surface area contributed by atoms with Gasteiger partial charge >= 0.3 is 16.1 Å². The van der Waals surface area contributed by atoms with E-state index in [0.717, 1.165) is 6.07 Å². The zero-order chi connectivity index (χ0) is 23.0. The van der Waals surface area contributed by atoms with Gasteiger partial charge in [0.15, 0.2) is 10.9 Å². The van der Waals surface area contributed by atoms with Crippen molar-refractivity contribution < 1.29 is 27.4 Å². The molecule has 0 aliphatic carbocycles. The summed E-state index contributed by atoms with van der Waals surface area (Å²) in [5.74, 6) is -0.688. The molecule has 10 nitrogen and oxygen atoms in total. The Balaban J connectivity index is 1.64. The fraction of sp³-hybridized carbons (Fsp3) is 0.150. The maximum absolute atomic E-state index is 12.7. The second kappa shape index (κ2) is 8.20. The van der Waals surface area contributed by atoms with Crippen LogP contribution in [0.25, 0.3) is 10.9 Å². The molecule has 32 heavy (non-hydrogen) atoms. The number of nitro groups is 1. The Hall–Kier alpha value is -3.51. The summed E-state index contributed by atoms with van der Waals surface area (Å²) in [6, 6.07) is 10.7. The standard InChI is InChI=1S/C20H15N3O7S2/c1-11-2-7-17(23(26)27)18(8-11)32(28,29)30-13-4-6-14-12(9-13)3-5-15(21-14)19-22-16(10-31-19)20(24)25/h2-9,16H,10H2,1H3,(H,24,25). The van der Waals surface area contributed by atoms with Crippen molar-refractivity contribution in [2.45, 2.75) is 17.9 Å². The molecule has 0 radical (unpaired) electrons. The third-order valence-corrected chi connectivity index (χ3v) is 6.95. The smallest absolute Gasteiger partial charge is 0.346 e. The van der Waals surface area contributed by atoms with Crippen LogP contribution in [0.15, 0.2) is 58.4 Å². The number of rotatable bonds is 6. The average molecular weight is 473 g/mol. The molecule has 1 N–H and O–H groups in total. The summed E-state index contributed by atoms with van der Waals surface area (Å²) in [5.41, 5.74) is 1.00. The minimum absolute atomic E-state index is 0.0265. The van der Waals surface area contributed by atoms with Gasteiger partial charge in [-0.15, -0.1) is 11.8 Å². The monoisotopic (exact) mass is 473 g/mol. The van der Waals surface area contributed by atoms with Crippen molar-refractivity contribution in [1.29, 1.82) is 0 Å². The van der Waals surface area contributed by atoms with E-state index in [1.54, 1.807) is 25.1 Å². The number of aliphatic carboxylic acids is 1. The molecule has 4 rings (SSSR count). The van der Waals surface area contributed by atoms with Gasteiger partial charge in [0.2, 0.25) is 0 Å². The van der Waals surface area contributed by atoms with E-state index in [9.17, 15) is 23.3 Å². The van der Waals surface area contributed by atoms with Gasteiger partial charge in [0.05, 0.1) is 16.1 Å². The van der Waals surface area contributed by atoms with E-state index in [-0.39, 0.29) is 5.75 Å². The average Bonchev–Trinajstić information content (AvgIpc) is 3.23. The maximum Gasteiger partial charge on any atom is 0.346 e. The van der Waals surface area contributed by atoms with Gasteiger partial charge in [-0.1, -0.05) is 12.1 Å². The number of pyridine rings is 1. The lowest BCUT2D eigenvalue weighted by Gasteiger charge is -2.09. The van der Waals surface area contributed by atoms with Crippen LogP contribution >= 0.6 is 11.8 Å². The molecule has 0 saturated carbocycles. The topological polar surface area (TPSA) is 149 Å². The fourth-order valence-corrected chi connectivity index (χ4v) is 5.23. The number of benzene rings is 2. The number of hydrogen-bond acceptors (Lipinski definition) is 9. The normalized spacial score (nSPS) is 16.0. The molecule has 1 aliphatic heterocycles. The Labute approximate surface area is 186 Å². The number of carboxylic acid groups (broad SMARTS) is 1. The molecular formula is C20H15N3O7S2. The molecule has 1 aliphatic rings. The molecule has 0 amide bonds. The Morgan fingerprint density at radius 2 is 2.00 bits per heavy atom. The van der Waals surface area contributed by atoms with Crippen LogP contribution in [0.3, 0.4) is 0 Å². The van der Waals surface area contributed by atoms with Gasteiger partial charge in [0, 0.05) is 17.2 Å². The summed E-state index contributed by atoms with van der Waals surface area (Å²) in [6.07, 6.45) is 0. The number of aromatic nitrogens is 1. The van der Waals surface area contributed by atoms with E-state index < -0.39 is 37.6 Å². The summed E-state index contributed by atoms with van der Waals surface area (Å²) < 4.78 is 30.6. The molecule has 0 fully saturated rings. The Bertz CT molecular complexity index is 1400. The summed E-state index contributed by atoms with van der Waals surface area (Å²) in [5, 5.41) is 21.4. The highest BCUT2D eigenvalue weighted by molar-refractivity contribution is 8.14. The van der Waals surface area contributed by atoms with Crippen molar-refractivity contribution in [3.63, 3.8) is 0 Å². The second-order valence-corrected chi connectivity index (χ2v) is 9.44.